The van der Waals surface area contributed by atoms with Crippen molar-refractivity contribution in [3.63, 3.8) is 0 Å². The van der Waals surface area contributed by atoms with Crippen LogP contribution in [0.3, 0.4) is 0 Å². The molecule has 0 saturated carbocycles. The molecule has 0 spiro atoms. The third-order valence-electron chi connectivity index (χ3n) is 8.27. The van der Waals surface area contributed by atoms with E-state index in [1.165, 1.54) is 119 Å². The number of hydrogen-bond acceptors (Lipinski definition) is 4. The zero-order chi connectivity index (χ0) is 29.2. The summed E-state index contributed by atoms with van der Waals surface area (Å²) in [5, 5.41) is 13.4. The summed E-state index contributed by atoms with van der Waals surface area (Å²) < 4.78 is 6.06. The number of rotatable bonds is 21. The van der Waals surface area contributed by atoms with Gasteiger partial charge in [-0.1, -0.05) is 158 Å². The van der Waals surface area contributed by atoms with Crippen LogP contribution in [0, 0.1) is 0 Å². The molecule has 0 radical (unpaired) electrons. The summed E-state index contributed by atoms with van der Waals surface area (Å²) in [6, 6.07) is 21.9. The Balaban J connectivity index is 1.22. The van der Waals surface area contributed by atoms with Gasteiger partial charge in [-0.05, 0) is 53.8 Å². The van der Waals surface area contributed by atoms with Crippen molar-refractivity contribution in [3.05, 3.63) is 66.2 Å². The minimum Gasteiger partial charge on any atom is -0.494 e. The van der Waals surface area contributed by atoms with Crippen molar-refractivity contribution in [2.45, 2.75) is 123 Å². The topological polar surface area (TPSA) is 35.0 Å². The van der Waals surface area contributed by atoms with Crippen LogP contribution in [-0.2, 0) is 6.42 Å². The van der Waals surface area contributed by atoms with Crippen molar-refractivity contribution < 1.29 is 4.74 Å². The molecule has 226 valence electrons. The smallest absolute Gasteiger partial charge is 0.148 e. The standard InChI is InChI=1S/C38H52N2OS/c1-3-5-7-9-11-13-15-17-19-31-20-22-32(23-21-31)37-39-40-38(42-37)35-25-24-34-30-36(27-26-33(34)29-35)41-28-18-16-14-12-10-8-6-4-2/h20-27,29-30H,3-19,28H2,1-2H3. The molecule has 0 unspecified atom stereocenters. The fraction of sp³-hybridized carbons (Fsp3) is 0.526. The van der Waals surface area contributed by atoms with E-state index in [0.717, 1.165) is 39.9 Å². The molecule has 1 aromatic heterocycles. The third kappa shape index (κ3) is 10.8. The number of ether oxygens (including phenoxy) is 1. The van der Waals surface area contributed by atoms with E-state index >= 15 is 0 Å². The van der Waals surface area contributed by atoms with Crippen LogP contribution in [0.15, 0.2) is 60.7 Å². The molecule has 4 rings (SSSR count). The quantitative estimate of drug-likeness (QED) is 0.0914. The summed E-state index contributed by atoms with van der Waals surface area (Å²) >= 11 is 1.66. The summed E-state index contributed by atoms with van der Waals surface area (Å²) in [6.07, 6.45) is 22.6. The zero-order valence-corrected chi connectivity index (χ0v) is 27.0. The molecule has 0 aliphatic carbocycles. The van der Waals surface area contributed by atoms with Gasteiger partial charge in [-0.15, -0.1) is 10.2 Å². The van der Waals surface area contributed by atoms with E-state index in [-0.39, 0.29) is 0 Å². The number of fused-ring (bicyclic) bond motifs is 1. The summed E-state index contributed by atoms with van der Waals surface area (Å²) in [6.45, 7) is 5.35. The van der Waals surface area contributed by atoms with Crippen LogP contribution >= 0.6 is 11.3 Å². The third-order valence-corrected chi connectivity index (χ3v) is 9.29. The van der Waals surface area contributed by atoms with Crippen LogP contribution in [0.4, 0.5) is 0 Å². The van der Waals surface area contributed by atoms with Gasteiger partial charge < -0.3 is 4.74 Å². The maximum Gasteiger partial charge on any atom is 0.148 e. The highest BCUT2D eigenvalue weighted by atomic mass is 32.1. The molecule has 4 heteroatoms. The highest BCUT2D eigenvalue weighted by molar-refractivity contribution is 7.17. The second-order valence-electron chi connectivity index (χ2n) is 11.9. The Morgan fingerprint density at radius 2 is 1.05 bits per heavy atom. The van der Waals surface area contributed by atoms with Crippen LogP contribution in [0.2, 0.25) is 0 Å². The van der Waals surface area contributed by atoms with Crippen molar-refractivity contribution in [1.82, 2.24) is 10.2 Å². The predicted molar refractivity (Wildman–Crippen MR) is 183 cm³/mol. The molecular formula is C38H52N2OS. The maximum atomic E-state index is 6.06. The first-order valence-corrected chi connectivity index (χ1v) is 17.7. The normalized spacial score (nSPS) is 11.4. The molecule has 42 heavy (non-hydrogen) atoms. The molecule has 0 fully saturated rings. The monoisotopic (exact) mass is 584 g/mol. The van der Waals surface area contributed by atoms with E-state index < -0.39 is 0 Å². The molecule has 1 heterocycles. The molecule has 0 aliphatic heterocycles. The molecule has 3 nitrogen and oxygen atoms in total. The predicted octanol–water partition coefficient (Wildman–Crippen LogP) is 12.2. The first-order chi connectivity index (χ1) is 20.8. The van der Waals surface area contributed by atoms with Gasteiger partial charge in [-0.2, -0.15) is 0 Å². The fourth-order valence-electron chi connectivity index (χ4n) is 5.61. The molecule has 3 aromatic carbocycles. The van der Waals surface area contributed by atoms with Gasteiger partial charge in [0.15, 0.2) is 0 Å². The van der Waals surface area contributed by atoms with Gasteiger partial charge in [0.2, 0.25) is 0 Å². The van der Waals surface area contributed by atoms with Crippen molar-refractivity contribution in [2.75, 3.05) is 6.61 Å². The summed E-state index contributed by atoms with van der Waals surface area (Å²) in [4.78, 5) is 0. The lowest BCUT2D eigenvalue weighted by atomic mass is 10.0. The van der Waals surface area contributed by atoms with Crippen LogP contribution in [0.5, 0.6) is 5.75 Å². The maximum absolute atomic E-state index is 6.06. The first-order valence-electron chi connectivity index (χ1n) is 16.9. The van der Waals surface area contributed by atoms with Crippen molar-refractivity contribution >= 4 is 22.1 Å². The minimum absolute atomic E-state index is 0.798. The van der Waals surface area contributed by atoms with E-state index in [1.54, 1.807) is 11.3 Å². The molecule has 0 N–H and O–H groups in total. The molecule has 0 atom stereocenters. The summed E-state index contributed by atoms with van der Waals surface area (Å²) in [5.74, 6) is 0.960. The van der Waals surface area contributed by atoms with Crippen molar-refractivity contribution in [2.24, 2.45) is 0 Å². The van der Waals surface area contributed by atoms with Gasteiger partial charge in [0, 0.05) is 11.1 Å². The van der Waals surface area contributed by atoms with E-state index in [9.17, 15) is 0 Å². The lowest BCUT2D eigenvalue weighted by Crippen LogP contribution is -1.97. The molecular weight excluding hydrogens is 532 g/mol. The van der Waals surface area contributed by atoms with Crippen molar-refractivity contribution in [1.29, 1.82) is 0 Å². The average molecular weight is 585 g/mol. The van der Waals surface area contributed by atoms with Crippen LogP contribution in [0.25, 0.3) is 31.9 Å². The Hall–Kier alpha value is -2.72. The Morgan fingerprint density at radius 1 is 0.524 bits per heavy atom. The minimum atomic E-state index is 0.798. The number of nitrogens with zero attached hydrogens (tertiary/aromatic N) is 2. The van der Waals surface area contributed by atoms with Gasteiger partial charge in [-0.3, -0.25) is 0 Å². The van der Waals surface area contributed by atoms with E-state index in [2.05, 4.69) is 84.7 Å². The summed E-state index contributed by atoms with van der Waals surface area (Å²) in [7, 11) is 0. The SMILES string of the molecule is CCCCCCCCCCOc1ccc2cc(-c3nnc(-c4ccc(CCCCCCCCCC)cc4)s3)ccc2c1. The Morgan fingerprint density at radius 3 is 1.71 bits per heavy atom. The number of benzene rings is 3. The highest BCUT2D eigenvalue weighted by Crippen LogP contribution is 2.32. The fourth-order valence-corrected chi connectivity index (χ4v) is 6.45. The lowest BCUT2D eigenvalue weighted by Gasteiger charge is -2.08. The Bertz CT molecular complexity index is 1300. The first kappa shape index (κ1) is 32.2. The lowest BCUT2D eigenvalue weighted by molar-refractivity contribution is 0.304. The largest absolute Gasteiger partial charge is 0.494 e. The van der Waals surface area contributed by atoms with Crippen LogP contribution in [0.1, 0.15) is 122 Å². The number of aromatic nitrogens is 2. The number of aryl methyl sites for hydroxylation is 1. The van der Waals surface area contributed by atoms with Gasteiger partial charge in [0.1, 0.15) is 15.8 Å². The number of unbranched alkanes of at least 4 members (excludes halogenated alkanes) is 14. The van der Waals surface area contributed by atoms with Gasteiger partial charge in [-0.25, -0.2) is 0 Å². The van der Waals surface area contributed by atoms with E-state index in [1.807, 2.05) is 0 Å². The molecule has 4 aromatic rings. The second kappa shape index (κ2) is 18.7. The second-order valence-corrected chi connectivity index (χ2v) is 12.9. The van der Waals surface area contributed by atoms with Crippen LogP contribution < -0.4 is 4.74 Å². The van der Waals surface area contributed by atoms with Gasteiger partial charge in [0.25, 0.3) is 0 Å². The molecule has 0 saturated heterocycles. The van der Waals surface area contributed by atoms with Gasteiger partial charge in [0.05, 0.1) is 6.61 Å². The van der Waals surface area contributed by atoms with Crippen LogP contribution in [-0.4, -0.2) is 16.8 Å². The Kier molecular flexibility index (Phi) is 14.4. The molecule has 0 aliphatic rings. The molecule has 0 amide bonds. The van der Waals surface area contributed by atoms with Gasteiger partial charge >= 0.3 is 0 Å². The summed E-state index contributed by atoms with van der Waals surface area (Å²) in [5.41, 5.74) is 3.69. The average Bonchev–Trinajstić information content (AvgIpc) is 3.52. The molecule has 0 bridgehead atoms. The zero-order valence-electron chi connectivity index (χ0n) is 26.2. The van der Waals surface area contributed by atoms with E-state index in [0.29, 0.717) is 0 Å². The Labute approximate surface area is 259 Å². The highest BCUT2D eigenvalue weighted by Gasteiger charge is 2.10. The number of hydrogen-bond donors (Lipinski definition) is 0. The van der Waals surface area contributed by atoms with E-state index in [4.69, 9.17) is 4.74 Å². The van der Waals surface area contributed by atoms with Crippen molar-refractivity contribution in [3.8, 4) is 26.9 Å².